The summed E-state index contributed by atoms with van der Waals surface area (Å²) in [4.78, 5) is 20.1. The van der Waals surface area contributed by atoms with Crippen molar-refractivity contribution in [2.75, 3.05) is 7.11 Å². The minimum absolute atomic E-state index is 0.0421. The van der Waals surface area contributed by atoms with Crippen LogP contribution in [-0.2, 0) is 22.5 Å². The minimum Gasteiger partial charge on any atom is -0.469 e. The first-order valence-electron chi connectivity index (χ1n) is 6.32. The Balaban J connectivity index is 1.90. The zero-order chi connectivity index (χ0) is 13.2. The number of rotatable bonds is 2. The second kappa shape index (κ2) is 4.84. The average molecular weight is 257 g/mol. The van der Waals surface area contributed by atoms with Gasteiger partial charge in [-0.2, -0.15) is 0 Å². The number of esters is 1. The summed E-state index contributed by atoms with van der Waals surface area (Å²) in [5.74, 6) is 0.776. The van der Waals surface area contributed by atoms with Gasteiger partial charge in [-0.3, -0.25) is 9.78 Å². The molecule has 0 saturated heterocycles. The van der Waals surface area contributed by atoms with Gasteiger partial charge in [-0.1, -0.05) is 0 Å². The number of hydrogen-bond donors (Lipinski definition) is 0. The topological polar surface area (TPSA) is 57.0 Å². The molecular weight excluding hydrogens is 242 g/mol. The summed E-state index contributed by atoms with van der Waals surface area (Å²) in [6.07, 6.45) is 6.87. The third-order valence-corrected chi connectivity index (χ3v) is 3.57. The molecule has 3 rings (SSSR count). The Labute approximate surface area is 111 Å². The average Bonchev–Trinajstić information content (AvgIpc) is 2.90. The summed E-state index contributed by atoms with van der Waals surface area (Å²) < 4.78 is 6.99. The maximum Gasteiger partial charge on any atom is 0.309 e. The van der Waals surface area contributed by atoms with Crippen molar-refractivity contribution in [1.29, 1.82) is 0 Å². The van der Waals surface area contributed by atoms with E-state index in [4.69, 9.17) is 4.74 Å². The van der Waals surface area contributed by atoms with Crippen LogP contribution >= 0.6 is 0 Å². The van der Waals surface area contributed by atoms with Gasteiger partial charge in [-0.15, -0.1) is 0 Å². The van der Waals surface area contributed by atoms with Gasteiger partial charge in [0.1, 0.15) is 5.82 Å². The summed E-state index contributed by atoms with van der Waals surface area (Å²) in [6, 6.07) is 3.89. The zero-order valence-electron chi connectivity index (χ0n) is 10.7. The van der Waals surface area contributed by atoms with Crippen LogP contribution in [0.15, 0.2) is 30.7 Å². The molecule has 1 aliphatic heterocycles. The lowest BCUT2D eigenvalue weighted by Crippen LogP contribution is -2.26. The Morgan fingerprint density at radius 3 is 2.95 bits per heavy atom. The quantitative estimate of drug-likeness (QED) is 0.768. The van der Waals surface area contributed by atoms with Crippen LogP contribution in [0.3, 0.4) is 0 Å². The molecule has 5 heteroatoms. The number of carbonyl (C=O) groups is 1. The summed E-state index contributed by atoms with van der Waals surface area (Å²) in [6.45, 7) is 0.798. The molecule has 0 saturated carbocycles. The molecule has 2 aromatic rings. The van der Waals surface area contributed by atoms with Crippen LogP contribution in [0.2, 0.25) is 0 Å². The van der Waals surface area contributed by atoms with Gasteiger partial charge in [0.2, 0.25) is 0 Å². The van der Waals surface area contributed by atoms with Crippen molar-refractivity contribution in [3.8, 4) is 11.4 Å². The Hall–Kier alpha value is -2.17. The SMILES string of the molecule is COC(=O)C1CCn2c(cnc2-c2ccncc2)C1. The molecule has 0 spiro atoms. The molecule has 0 aromatic carbocycles. The van der Waals surface area contributed by atoms with Crippen LogP contribution in [0.1, 0.15) is 12.1 Å². The maximum atomic E-state index is 11.6. The van der Waals surface area contributed by atoms with Crippen LogP contribution in [0.25, 0.3) is 11.4 Å². The molecule has 0 aliphatic carbocycles. The van der Waals surface area contributed by atoms with E-state index in [9.17, 15) is 4.79 Å². The van der Waals surface area contributed by atoms with E-state index < -0.39 is 0 Å². The number of carbonyl (C=O) groups excluding carboxylic acids is 1. The lowest BCUT2D eigenvalue weighted by Gasteiger charge is -2.23. The first-order chi connectivity index (χ1) is 9.29. The molecule has 0 amide bonds. The van der Waals surface area contributed by atoms with E-state index in [1.165, 1.54) is 7.11 Å². The molecule has 19 heavy (non-hydrogen) atoms. The smallest absolute Gasteiger partial charge is 0.309 e. The fourth-order valence-electron chi connectivity index (χ4n) is 2.56. The van der Waals surface area contributed by atoms with Gasteiger partial charge in [0.05, 0.1) is 13.0 Å². The summed E-state index contributed by atoms with van der Waals surface area (Å²) in [5, 5.41) is 0. The molecular formula is C14H15N3O2. The van der Waals surface area contributed by atoms with E-state index in [-0.39, 0.29) is 11.9 Å². The van der Waals surface area contributed by atoms with Gasteiger partial charge < -0.3 is 9.30 Å². The van der Waals surface area contributed by atoms with Gasteiger partial charge in [-0.05, 0) is 18.6 Å². The molecule has 0 bridgehead atoms. The lowest BCUT2D eigenvalue weighted by atomic mass is 9.96. The van der Waals surface area contributed by atoms with Gasteiger partial charge in [-0.25, -0.2) is 4.98 Å². The molecule has 1 aliphatic rings. The first kappa shape index (κ1) is 11.9. The zero-order valence-corrected chi connectivity index (χ0v) is 10.7. The van der Waals surface area contributed by atoms with Crippen molar-refractivity contribution < 1.29 is 9.53 Å². The fourth-order valence-corrected chi connectivity index (χ4v) is 2.56. The van der Waals surface area contributed by atoms with Crippen molar-refractivity contribution in [2.45, 2.75) is 19.4 Å². The van der Waals surface area contributed by atoms with E-state index in [2.05, 4.69) is 14.5 Å². The van der Waals surface area contributed by atoms with E-state index >= 15 is 0 Å². The Bertz CT molecular complexity index is 592. The molecule has 1 unspecified atom stereocenters. The number of pyridine rings is 1. The van der Waals surface area contributed by atoms with Gasteiger partial charge >= 0.3 is 5.97 Å². The molecule has 0 fully saturated rings. The molecule has 3 heterocycles. The molecule has 0 radical (unpaired) electrons. The fraction of sp³-hybridized carbons (Fsp3) is 0.357. The Morgan fingerprint density at radius 2 is 2.21 bits per heavy atom. The van der Waals surface area contributed by atoms with Gasteiger partial charge in [0.15, 0.2) is 0 Å². The van der Waals surface area contributed by atoms with Crippen molar-refractivity contribution in [2.24, 2.45) is 5.92 Å². The maximum absolute atomic E-state index is 11.6. The summed E-state index contributed by atoms with van der Waals surface area (Å²) in [5.41, 5.74) is 2.14. The van der Waals surface area contributed by atoms with Crippen LogP contribution in [0, 0.1) is 5.92 Å². The highest BCUT2D eigenvalue weighted by atomic mass is 16.5. The molecule has 5 nitrogen and oxygen atoms in total. The third kappa shape index (κ3) is 2.12. The number of ether oxygens (including phenoxy) is 1. The highest BCUT2D eigenvalue weighted by molar-refractivity contribution is 5.73. The highest BCUT2D eigenvalue weighted by Crippen LogP contribution is 2.27. The first-order valence-corrected chi connectivity index (χ1v) is 6.32. The van der Waals surface area contributed by atoms with E-state index in [1.54, 1.807) is 12.4 Å². The van der Waals surface area contributed by atoms with Crippen LogP contribution in [0.5, 0.6) is 0 Å². The third-order valence-electron chi connectivity index (χ3n) is 3.57. The summed E-state index contributed by atoms with van der Waals surface area (Å²) >= 11 is 0. The Morgan fingerprint density at radius 1 is 1.42 bits per heavy atom. The number of methoxy groups -OCH3 is 1. The van der Waals surface area contributed by atoms with Crippen LogP contribution in [0.4, 0.5) is 0 Å². The molecule has 98 valence electrons. The molecule has 1 atom stereocenters. The molecule has 2 aromatic heterocycles. The summed E-state index contributed by atoms with van der Waals surface area (Å²) in [7, 11) is 1.44. The number of nitrogens with zero attached hydrogens (tertiary/aromatic N) is 3. The second-order valence-electron chi connectivity index (χ2n) is 4.67. The lowest BCUT2D eigenvalue weighted by molar-refractivity contribution is -0.146. The van der Waals surface area contributed by atoms with Crippen molar-refractivity contribution in [3.63, 3.8) is 0 Å². The van der Waals surface area contributed by atoms with Crippen molar-refractivity contribution in [1.82, 2.24) is 14.5 Å². The number of imidazole rings is 1. The van der Waals surface area contributed by atoms with Crippen molar-refractivity contribution >= 4 is 5.97 Å². The van der Waals surface area contributed by atoms with E-state index in [0.717, 1.165) is 30.0 Å². The van der Waals surface area contributed by atoms with Crippen LogP contribution in [-0.4, -0.2) is 27.6 Å². The number of fused-ring (bicyclic) bond motifs is 1. The van der Waals surface area contributed by atoms with E-state index in [1.807, 2.05) is 18.3 Å². The Kier molecular flexibility index (Phi) is 3.03. The second-order valence-corrected chi connectivity index (χ2v) is 4.67. The predicted molar refractivity (Wildman–Crippen MR) is 69.3 cm³/mol. The highest BCUT2D eigenvalue weighted by Gasteiger charge is 2.27. The number of aromatic nitrogens is 3. The monoisotopic (exact) mass is 257 g/mol. The van der Waals surface area contributed by atoms with Crippen LogP contribution < -0.4 is 0 Å². The normalized spacial score (nSPS) is 17.8. The predicted octanol–water partition coefficient (Wildman–Crippen LogP) is 1.68. The standard InChI is InChI=1S/C14H15N3O2/c1-19-14(18)11-4-7-17-12(8-11)9-16-13(17)10-2-5-15-6-3-10/h2-3,5-6,9,11H,4,7-8H2,1H3. The minimum atomic E-state index is -0.127. The van der Waals surface area contributed by atoms with Crippen molar-refractivity contribution in [3.05, 3.63) is 36.4 Å². The largest absolute Gasteiger partial charge is 0.469 e. The number of hydrogen-bond acceptors (Lipinski definition) is 4. The van der Waals surface area contributed by atoms with Gasteiger partial charge in [0, 0.05) is 42.8 Å². The van der Waals surface area contributed by atoms with Gasteiger partial charge in [0.25, 0.3) is 0 Å². The van der Waals surface area contributed by atoms with E-state index in [0.29, 0.717) is 6.42 Å². The molecule has 0 N–H and O–H groups in total.